The third-order valence-electron chi connectivity index (χ3n) is 7.18. The minimum atomic E-state index is -0.293. The van der Waals surface area contributed by atoms with Crippen LogP contribution >= 0.6 is 0 Å². The first-order valence-electron chi connectivity index (χ1n) is 12.9. The second kappa shape index (κ2) is 10.1. The Morgan fingerprint density at radius 3 is 2.66 bits per heavy atom. The smallest absolute Gasteiger partial charge is 0.348 e. The van der Waals surface area contributed by atoms with Gasteiger partial charge in [-0.25, -0.2) is 4.79 Å². The number of aliphatic imine (C=N–C) groups is 1. The van der Waals surface area contributed by atoms with Gasteiger partial charge in [-0.05, 0) is 31.4 Å². The Bertz CT molecular complexity index is 1600. The molecule has 1 saturated heterocycles. The van der Waals surface area contributed by atoms with Gasteiger partial charge < -0.3 is 14.4 Å². The summed E-state index contributed by atoms with van der Waals surface area (Å²) in [6.45, 7) is 1.54. The number of fused-ring (bicyclic) bond motifs is 3. The lowest BCUT2D eigenvalue weighted by molar-refractivity contribution is 0.0774. The van der Waals surface area contributed by atoms with Gasteiger partial charge in [-0.3, -0.25) is 14.4 Å². The number of rotatable bonds is 7. The Morgan fingerprint density at radius 2 is 1.82 bits per heavy atom. The van der Waals surface area contributed by atoms with E-state index in [2.05, 4.69) is 9.98 Å². The van der Waals surface area contributed by atoms with Crippen LogP contribution in [0.2, 0.25) is 0 Å². The Morgan fingerprint density at radius 1 is 1.00 bits per heavy atom. The van der Waals surface area contributed by atoms with E-state index >= 15 is 0 Å². The van der Waals surface area contributed by atoms with Gasteiger partial charge in [-0.15, -0.1) is 0 Å². The highest BCUT2D eigenvalue weighted by Crippen LogP contribution is 2.38. The van der Waals surface area contributed by atoms with E-state index in [1.807, 2.05) is 65.7 Å². The summed E-state index contributed by atoms with van der Waals surface area (Å²) in [7, 11) is 1.56. The number of hydrogen-bond donors (Lipinski definition) is 0. The fourth-order valence-corrected chi connectivity index (χ4v) is 5.29. The molecule has 0 saturated carbocycles. The highest BCUT2D eigenvalue weighted by molar-refractivity contribution is 6.03. The van der Waals surface area contributed by atoms with E-state index in [0.717, 1.165) is 35.9 Å². The second-order valence-electron chi connectivity index (χ2n) is 9.49. The van der Waals surface area contributed by atoms with Crippen LogP contribution in [0.1, 0.15) is 29.6 Å². The highest BCUT2D eigenvalue weighted by atomic mass is 16.5. The van der Waals surface area contributed by atoms with Crippen molar-refractivity contribution in [3.8, 4) is 22.8 Å². The zero-order valence-electron chi connectivity index (χ0n) is 21.2. The first-order chi connectivity index (χ1) is 18.6. The van der Waals surface area contributed by atoms with E-state index in [-0.39, 0.29) is 17.6 Å². The van der Waals surface area contributed by atoms with Crippen molar-refractivity contribution in [2.24, 2.45) is 4.99 Å². The second-order valence-corrected chi connectivity index (χ2v) is 9.49. The quantitative estimate of drug-likeness (QED) is 0.333. The van der Waals surface area contributed by atoms with Gasteiger partial charge in [-0.1, -0.05) is 48.5 Å². The maximum atomic E-state index is 13.1. The van der Waals surface area contributed by atoms with Crippen LogP contribution in [-0.2, 0) is 6.54 Å². The standard InChI is InChI=1S/C30H28N4O4/c1-37-26-17-23-24(31-19-21-11-7-14-33(21)29(23)35)18-27(26)38-16-8-15-34-25-13-6-5-12-22(25)28(32-30(34)36)20-9-3-2-4-10-20/h2-6,9-10,12-13,17-19,21H,7-8,11,14-16H2,1H3. The number of benzene rings is 3. The van der Waals surface area contributed by atoms with Gasteiger partial charge in [0.15, 0.2) is 11.5 Å². The van der Waals surface area contributed by atoms with Gasteiger partial charge in [0.1, 0.15) is 0 Å². The normalized spacial score (nSPS) is 16.3. The predicted octanol–water partition coefficient (Wildman–Crippen LogP) is 4.86. The average molecular weight is 509 g/mol. The molecule has 38 heavy (non-hydrogen) atoms. The summed E-state index contributed by atoms with van der Waals surface area (Å²) in [4.78, 5) is 37.0. The monoisotopic (exact) mass is 508 g/mol. The molecule has 0 bridgehead atoms. The SMILES string of the molecule is COc1cc2c(cc1OCCCn1c(=O)nc(-c3ccccc3)c3ccccc31)N=CC1CCCN1C2=O. The molecule has 4 aromatic rings. The molecule has 1 aromatic heterocycles. The molecule has 192 valence electrons. The molecule has 1 fully saturated rings. The van der Waals surface area contributed by atoms with Crippen molar-refractivity contribution in [3.63, 3.8) is 0 Å². The number of carbonyl (C=O) groups is 1. The van der Waals surface area contributed by atoms with E-state index in [1.165, 1.54) is 0 Å². The molecule has 3 heterocycles. The van der Waals surface area contributed by atoms with Gasteiger partial charge in [0.05, 0.1) is 42.2 Å². The number of amides is 1. The third kappa shape index (κ3) is 4.32. The lowest BCUT2D eigenvalue weighted by Crippen LogP contribution is -2.35. The average Bonchev–Trinajstić information content (AvgIpc) is 3.39. The van der Waals surface area contributed by atoms with E-state index in [1.54, 1.807) is 23.8 Å². The maximum Gasteiger partial charge on any atom is 0.348 e. The molecule has 0 aliphatic carbocycles. The summed E-state index contributed by atoms with van der Waals surface area (Å²) >= 11 is 0. The summed E-state index contributed by atoms with van der Waals surface area (Å²) < 4.78 is 13.3. The third-order valence-corrected chi connectivity index (χ3v) is 7.18. The lowest BCUT2D eigenvalue weighted by atomic mass is 10.1. The van der Waals surface area contributed by atoms with Crippen molar-refractivity contribution in [2.45, 2.75) is 31.8 Å². The van der Waals surface area contributed by atoms with Crippen LogP contribution in [0.15, 0.2) is 76.5 Å². The molecule has 2 aliphatic rings. The van der Waals surface area contributed by atoms with Crippen molar-refractivity contribution in [2.75, 3.05) is 20.3 Å². The summed E-state index contributed by atoms with van der Waals surface area (Å²) in [5.41, 5.74) is 3.25. The first-order valence-corrected chi connectivity index (χ1v) is 12.9. The molecule has 1 atom stereocenters. The molecular formula is C30H28N4O4. The zero-order valence-corrected chi connectivity index (χ0v) is 21.2. The van der Waals surface area contributed by atoms with Gasteiger partial charge >= 0.3 is 5.69 Å². The predicted molar refractivity (Wildman–Crippen MR) is 147 cm³/mol. The number of aryl methyl sites for hydroxylation is 1. The highest BCUT2D eigenvalue weighted by Gasteiger charge is 2.32. The summed E-state index contributed by atoms with van der Waals surface area (Å²) in [5, 5.41) is 0.926. The first kappa shape index (κ1) is 23.9. The molecule has 3 aromatic carbocycles. The van der Waals surface area contributed by atoms with Crippen molar-refractivity contribution in [3.05, 3.63) is 82.8 Å². The number of nitrogens with zero attached hydrogens (tertiary/aromatic N) is 4. The van der Waals surface area contributed by atoms with Crippen molar-refractivity contribution in [1.82, 2.24) is 14.5 Å². The van der Waals surface area contributed by atoms with Gasteiger partial charge in [-0.2, -0.15) is 4.98 Å². The molecule has 2 aliphatic heterocycles. The van der Waals surface area contributed by atoms with Crippen LogP contribution in [0.25, 0.3) is 22.2 Å². The van der Waals surface area contributed by atoms with E-state index in [4.69, 9.17) is 9.47 Å². The molecule has 1 unspecified atom stereocenters. The van der Waals surface area contributed by atoms with Crippen LogP contribution in [0, 0.1) is 0 Å². The number of para-hydroxylation sites is 1. The molecule has 8 nitrogen and oxygen atoms in total. The maximum absolute atomic E-state index is 13.1. The van der Waals surface area contributed by atoms with Crippen LogP contribution in [-0.4, -0.2) is 52.9 Å². The largest absolute Gasteiger partial charge is 0.493 e. The number of carbonyl (C=O) groups excluding carboxylic acids is 1. The molecule has 0 N–H and O–H groups in total. The van der Waals surface area contributed by atoms with E-state index in [0.29, 0.717) is 48.0 Å². The Hall–Kier alpha value is -4.46. The van der Waals surface area contributed by atoms with Crippen molar-refractivity contribution in [1.29, 1.82) is 0 Å². The minimum Gasteiger partial charge on any atom is -0.493 e. The Balaban J connectivity index is 1.21. The Labute approximate surface area is 220 Å². The summed E-state index contributed by atoms with van der Waals surface area (Å²) in [6, 6.07) is 21.1. The van der Waals surface area contributed by atoms with Crippen molar-refractivity contribution < 1.29 is 14.3 Å². The summed E-state index contributed by atoms with van der Waals surface area (Å²) in [6.07, 6.45) is 4.35. The number of methoxy groups -OCH3 is 1. The van der Waals surface area contributed by atoms with Crippen LogP contribution in [0.4, 0.5) is 5.69 Å². The van der Waals surface area contributed by atoms with Gasteiger partial charge in [0.25, 0.3) is 5.91 Å². The molecule has 8 heteroatoms. The topological polar surface area (TPSA) is 86.0 Å². The van der Waals surface area contributed by atoms with Crippen LogP contribution in [0.5, 0.6) is 11.5 Å². The minimum absolute atomic E-state index is 0.0254. The van der Waals surface area contributed by atoms with Crippen molar-refractivity contribution >= 4 is 28.7 Å². The molecule has 6 rings (SSSR count). The number of hydrogen-bond acceptors (Lipinski definition) is 6. The van der Waals surface area contributed by atoms with Crippen LogP contribution < -0.4 is 15.2 Å². The van der Waals surface area contributed by atoms with E-state index in [9.17, 15) is 9.59 Å². The number of aromatic nitrogens is 2. The fraction of sp³-hybridized carbons (Fsp3) is 0.267. The van der Waals surface area contributed by atoms with Gasteiger partial charge in [0.2, 0.25) is 0 Å². The summed E-state index contributed by atoms with van der Waals surface area (Å²) in [5.74, 6) is 0.983. The van der Waals surface area contributed by atoms with Gasteiger partial charge in [0, 0.05) is 36.3 Å². The fourth-order valence-electron chi connectivity index (χ4n) is 5.29. The Kier molecular flexibility index (Phi) is 6.37. The molecule has 0 radical (unpaired) electrons. The molecule has 0 spiro atoms. The lowest BCUT2D eigenvalue weighted by Gasteiger charge is -2.20. The van der Waals surface area contributed by atoms with Crippen LogP contribution in [0.3, 0.4) is 0 Å². The zero-order chi connectivity index (χ0) is 26.1. The molecule has 1 amide bonds. The van der Waals surface area contributed by atoms with E-state index < -0.39 is 0 Å². The molecular weight excluding hydrogens is 480 g/mol. The number of ether oxygens (including phenoxy) is 2.